The zero-order chi connectivity index (χ0) is 16.9. The minimum atomic E-state index is -3.64. The molecule has 122 valence electrons. The molecule has 0 aliphatic carbocycles. The third kappa shape index (κ3) is 2.44. The number of aromatic nitrogens is 1. The van der Waals surface area contributed by atoms with Gasteiger partial charge in [-0.15, -0.1) is 0 Å². The lowest BCUT2D eigenvalue weighted by molar-refractivity contribution is 0.592. The molecule has 1 aliphatic heterocycles. The standard InChI is InChI=1S/C18H15ClN2O2S/c1-12-2-3-13-11-14-8-9-21(18(14)20-17(13)10-12)24(22,23)16-6-4-15(19)5-7-16/h2-7,10-11H,8-9H2,1H3. The van der Waals surface area contributed by atoms with Crippen LogP contribution in [0.4, 0.5) is 5.82 Å². The molecular formula is C18H15ClN2O2S. The first-order valence-corrected chi connectivity index (χ1v) is 9.45. The summed E-state index contributed by atoms with van der Waals surface area (Å²) in [5.41, 5.74) is 2.87. The van der Waals surface area contributed by atoms with Gasteiger partial charge in [-0.3, -0.25) is 0 Å². The van der Waals surface area contributed by atoms with Gasteiger partial charge in [-0.1, -0.05) is 23.7 Å². The minimum absolute atomic E-state index is 0.228. The zero-order valence-electron chi connectivity index (χ0n) is 13.0. The van der Waals surface area contributed by atoms with E-state index in [0.717, 1.165) is 22.0 Å². The molecular weight excluding hydrogens is 344 g/mol. The first-order valence-electron chi connectivity index (χ1n) is 7.64. The Labute approximate surface area is 145 Å². The van der Waals surface area contributed by atoms with E-state index in [1.54, 1.807) is 12.1 Å². The Bertz CT molecular complexity index is 1050. The van der Waals surface area contributed by atoms with E-state index in [2.05, 4.69) is 4.98 Å². The van der Waals surface area contributed by atoms with Gasteiger partial charge in [0.2, 0.25) is 0 Å². The van der Waals surface area contributed by atoms with Crippen molar-refractivity contribution in [2.75, 3.05) is 10.8 Å². The summed E-state index contributed by atoms with van der Waals surface area (Å²) in [6, 6.07) is 14.3. The van der Waals surface area contributed by atoms with E-state index in [0.29, 0.717) is 23.8 Å². The molecule has 0 fully saturated rings. The van der Waals surface area contributed by atoms with Gasteiger partial charge in [0, 0.05) is 17.0 Å². The summed E-state index contributed by atoms with van der Waals surface area (Å²) in [7, 11) is -3.64. The van der Waals surface area contributed by atoms with Gasteiger partial charge in [-0.2, -0.15) is 0 Å². The second-order valence-electron chi connectivity index (χ2n) is 5.95. The van der Waals surface area contributed by atoms with Crippen molar-refractivity contribution < 1.29 is 8.42 Å². The van der Waals surface area contributed by atoms with Crippen LogP contribution in [-0.2, 0) is 16.4 Å². The Morgan fingerprint density at radius 2 is 1.83 bits per heavy atom. The fraction of sp³-hybridized carbons (Fsp3) is 0.167. The molecule has 1 aromatic heterocycles. The number of halogens is 1. The highest BCUT2D eigenvalue weighted by Crippen LogP contribution is 2.33. The van der Waals surface area contributed by atoms with Crippen LogP contribution in [0.2, 0.25) is 5.02 Å². The van der Waals surface area contributed by atoms with Crippen LogP contribution in [0.25, 0.3) is 10.9 Å². The van der Waals surface area contributed by atoms with Gasteiger partial charge < -0.3 is 0 Å². The number of pyridine rings is 1. The Kier molecular flexibility index (Phi) is 3.51. The summed E-state index contributed by atoms with van der Waals surface area (Å²) in [5.74, 6) is 0.531. The van der Waals surface area contributed by atoms with Crippen molar-refractivity contribution in [1.29, 1.82) is 0 Å². The molecule has 4 nitrogen and oxygen atoms in total. The molecule has 6 heteroatoms. The highest BCUT2D eigenvalue weighted by atomic mass is 35.5. The maximum atomic E-state index is 13.0. The number of hydrogen-bond acceptors (Lipinski definition) is 3. The van der Waals surface area contributed by atoms with Gasteiger partial charge in [-0.05, 0) is 60.9 Å². The van der Waals surface area contributed by atoms with E-state index in [1.807, 2.05) is 31.2 Å². The van der Waals surface area contributed by atoms with Gasteiger partial charge in [0.25, 0.3) is 10.0 Å². The number of rotatable bonds is 2. The Hall–Kier alpha value is -2.11. The first-order chi connectivity index (χ1) is 11.4. The van der Waals surface area contributed by atoms with Crippen molar-refractivity contribution in [3.05, 3.63) is 64.7 Å². The van der Waals surface area contributed by atoms with Gasteiger partial charge >= 0.3 is 0 Å². The third-order valence-corrected chi connectivity index (χ3v) is 6.31. The van der Waals surface area contributed by atoms with E-state index in [1.165, 1.54) is 16.4 Å². The molecule has 0 saturated heterocycles. The van der Waals surface area contributed by atoms with Crippen molar-refractivity contribution in [2.45, 2.75) is 18.2 Å². The SMILES string of the molecule is Cc1ccc2cc3c(nc2c1)N(S(=O)(=O)c1ccc(Cl)cc1)CC3. The Morgan fingerprint density at radius 1 is 1.08 bits per heavy atom. The second-order valence-corrected chi connectivity index (χ2v) is 8.25. The van der Waals surface area contributed by atoms with Crippen LogP contribution in [0, 0.1) is 6.92 Å². The van der Waals surface area contributed by atoms with Gasteiger partial charge in [0.05, 0.1) is 10.4 Å². The van der Waals surface area contributed by atoms with E-state index in [4.69, 9.17) is 11.6 Å². The summed E-state index contributed by atoms with van der Waals surface area (Å²) in [4.78, 5) is 4.86. The van der Waals surface area contributed by atoms with E-state index in [-0.39, 0.29) is 4.90 Å². The molecule has 0 saturated carbocycles. The van der Waals surface area contributed by atoms with Gasteiger partial charge in [-0.25, -0.2) is 17.7 Å². The molecule has 0 N–H and O–H groups in total. The van der Waals surface area contributed by atoms with Crippen LogP contribution in [0.3, 0.4) is 0 Å². The topological polar surface area (TPSA) is 50.3 Å². The van der Waals surface area contributed by atoms with Crippen molar-refractivity contribution in [3.8, 4) is 0 Å². The quantitative estimate of drug-likeness (QED) is 0.697. The number of hydrogen-bond donors (Lipinski definition) is 0. The normalized spacial score (nSPS) is 14.2. The average Bonchev–Trinajstić information content (AvgIpc) is 2.96. The van der Waals surface area contributed by atoms with Crippen LogP contribution in [0.15, 0.2) is 53.4 Å². The molecule has 0 spiro atoms. The summed E-state index contributed by atoms with van der Waals surface area (Å²) < 4.78 is 27.3. The van der Waals surface area contributed by atoms with Crippen LogP contribution >= 0.6 is 11.6 Å². The zero-order valence-corrected chi connectivity index (χ0v) is 14.6. The number of nitrogens with zero attached hydrogens (tertiary/aromatic N) is 2. The Morgan fingerprint density at radius 3 is 2.58 bits per heavy atom. The molecule has 0 radical (unpaired) electrons. The molecule has 1 aliphatic rings. The van der Waals surface area contributed by atoms with Crippen molar-refractivity contribution >= 4 is 38.3 Å². The lowest BCUT2D eigenvalue weighted by atomic mass is 10.1. The molecule has 4 rings (SSSR count). The molecule has 3 aromatic rings. The number of sulfonamides is 1. The number of benzene rings is 2. The number of aryl methyl sites for hydroxylation is 1. The van der Waals surface area contributed by atoms with Crippen molar-refractivity contribution in [2.24, 2.45) is 0 Å². The third-order valence-electron chi connectivity index (χ3n) is 4.25. The van der Waals surface area contributed by atoms with Crippen LogP contribution in [0.1, 0.15) is 11.1 Å². The summed E-state index contributed by atoms with van der Waals surface area (Å²) in [6.07, 6.45) is 0.666. The highest BCUT2D eigenvalue weighted by Gasteiger charge is 2.32. The number of fused-ring (bicyclic) bond motifs is 2. The van der Waals surface area contributed by atoms with E-state index in [9.17, 15) is 8.42 Å². The van der Waals surface area contributed by atoms with Crippen molar-refractivity contribution in [3.63, 3.8) is 0 Å². The molecule has 2 heterocycles. The minimum Gasteiger partial charge on any atom is -0.249 e. The molecule has 0 unspecified atom stereocenters. The highest BCUT2D eigenvalue weighted by molar-refractivity contribution is 7.92. The maximum Gasteiger partial charge on any atom is 0.265 e. The summed E-state index contributed by atoms with van der Waals surface area (Å²) >= 11 is 5.86. The summed E-state index contributed by atoms with van der Waals surface area (Å²) in [6.45, 7) is 2.40. The molecule has 0 atom stereocenters. The predicted octanol–water partition coefficient (Wildman–Crippen LogP) is 3.95. The van der Waals surface area contributed by atoms with E-state index < -0.39 is 10.0 Å². The number of anilines is 1. The lowest BCUT2D eigenvalue weighted by Gasteiger charge is -2.19. The van der Waals surface area contributed by atoms with Crippen LogP contribution in [-0.4, -0.2) is 19.9 Å². The average molecular weight is 359 g/mol. The van der Waals surface area contributed by atoms with Crippen LogP contribution < -0.4 is 4.31 Å². The van der Waals surface area contributed by atoms with Gasteiger partial charge in [0.15, 0.2) is 0 Å². The fourth-order valence-electron chi connectivity index (χ4n) is 3.01. The summed E-state index contributed by atoms with van der Waals surface area (Å²) in [5, 5.41) is 1.54. The van der Waals surface area contributed by atoms with E-state index >= 15 is 0 Å². The molecule has 0 bridgehead atoms. The first kappa shape index (κ1) is 15.4. The smallest absolute Gasteiger partial charge is 0.249 e. The Balaban J connectivity index is 1.84. The van der Waals surface area contributed by atoms with Crippen LogP contribution in [0.5, 0.6) is 0 Å². The van der Waals surface area contributed by atoms with Crippen molar-refractivity contribution in [1.82, 2.24) is 4.98 Å². The molecule has 2 aromatic carbocycles. The molecule has 0 amide bonds. The maximum absolute atomic E-state index is 13.0. The second kappa shape index (κ2) is 5.46. The predicted molar refractivity (Wildman–Crippen MR) is 96.2 cm³/mol. The molecule has 24 heavy (non-hydrogen) atoms. The fourth-order valence-corrected chi connectivity index (χ4v) is 4.58. The lowest BCUT2D eigenvalue weighted by Crippen LogP contribution is -2.29. The monoisotopic (exact) mass is 358 g/mol. The largest absolute Gasteiger partial charge is 0.265 e. The van der Waals surface area contributed by atoms with Gasteiger partial charge in [0.1, 0.15) is 5.82 Å².